The molecule has 1 aliphatic carbocycles. The molecular weight excluding hydrogens is 414 g/mol. The number of thiophene rings is 1. The molecule has 3 aromatic rings. The number of rotatable bonds is 6. The quantitative estimate of drug-likeness (QED) is 0.600. The van der Waals surface area contributed by atoms with Crippen LogP contribution in [0.5, 0.6) is 0 Å². The Labute approximate surface area is 172 Å². The van der Waals surface area contributed by atoms with Crippen molar-refractivity contribution in [3.8, 4) is 0 Å². The van der Waals surface area contributed by atoms with Gasteiger partial charge in [0.25, 0.3) is 15.9 Å². The summed E-state index contributed by atoms with van der Waals surface area (Å²) < 4.78 is 36.5. The van der Waals surface area contributed by atoms with E-state index in [4.69, 9.17) is 0 Å². The largest absolute Gasteiger partial charge is 0.465 e. The molecule has 3 heterocycles. The Morgan fingerprint density at radius 3 is 2.66 bits per heavy atom. The van der Waals surface area contributed by atoms with Gasteiger partial charge in [0.05, 0.1) is 22.9 Å². The van der Waals surface area contributed by atoms with Gasteiger partial charge in [-0.2, -0.15) is 8.42 Å². The Bertz CT molecular complexity index is 1230. The Kier molecular flexibility index (Phi) is 4.78. The highest BCUT2D eigenvalue weighted by molar-refractivity contribution is 7.90. The van der Waals surface area contributed by atoms with Crippen LogP contribution in [0.1, 0.15) is 38.6 Å². The maximum Gasteiger partial charge on any atom is 0.339 e. The molecule has 1 amide bonds. The number of ether oxygens (including phenoxy) is 1. The fraction of sp³-hybridized carbons (Fsp3) is 0.368. The predicted molar refractivity (Wildman–Crippen MR) is 109 cm³/mol. The summed E-state index contributed by atoms with van der Waals surface area (Å²) in [5, 5.41) is -0.191. The van der Waals surface area contributed by atoms with Crippen molar-refractivity contribution in [2.24, 2.45) is 13.0 Å². The first-order valence-corrected chi connectivity index (χ1v) is 11.4. The van der Waals surface area contributed by atoms with Gasteiger partial charge < -0.3 is 13.9 Å². The van der Waals surface area contributed by atoms with Crippen molar-refractivity contribution in [1.29, 1.82) is 0 Å². The first-order chi connectivity index (χ1) is 13.7. The highest BCUT2D eigenvalue weighted by atomic mass is 32.2. The number of aryl methyl sites for hydroxylation is 2. The lowest BCUT2D eigenvalue weighted by Crippen LogP contribution is -2.33. The van der Waals surface area contributed by atoms with E-state index in [0.717, 1.165) is 27.9 Å². The van der Waals surface area contributed by atoms with E-state index in [-0.39, 0.29) is 10.6 Å². The molecule has 0 saturated heterocycles. The molecule has 4 rings (SSSR count). The molecule has 0 radical (unpaired) electrons. The zero-order valence-corrected chi connectivity index (χ0v) is 17.9. The maximum absolute atomic E-state index is 12.9. The van der Waals surface area contributed by atoms with Gasteiger partial charge in [-0.05, 0) is 43.9 Å². The topological polar surface area (TPSA) is 99.4 Å². The zero-order valence-electron chi connectivity index (χ0n) is 16.3. The number of hydrogen-bond donors (Lipinski definition) is 1. The summed E-state index contributed by atoms with van der Waals surface area (Å²) in [7, 11) is -1.47. The summed E-state index contributed by atoms with van der Waals surface area (Å²) in [6, 6.07) is 4.95. The van der Waals surface area contributed by atoms with Gasteiger partial charge in [0.15, 0.2) is 5.03 Å². The molecule has 0 aliphatic heterocycles. The van der Waals surface area contributed by atoms with Crippen LogP contribution in [0.4, 0.5) is 0 Å². The predicted octanol–water partition coefficient (Wildman–Crippen LogP) is 2.67. The molecule has 1 saturated carbocycles. The van der Waals surface area contributed by atoms with E-state index in [1.54, 1.807) is 17.4 Å². The highest BCUT2D eigenvalue weighted by Crippen LogP contribution is 2.35. The number of carbonyl (C=O) groups is 2. The monoisotopic (exact) mass is 435 g/mol. The van der Waals surface area contributed by atoms with Crippen molar-refractivity contribution in [2.75, 3.05) is 7.11 Å². The summed E-state index contributed by atoms with van der Waals surface area (Å²) in [6.07, 6.45) is 3.57. The molecule has 0 unspecified atom stereocenters. The zero-order chi connectivity index (χ0) is 20.9. The van der Waals surface area contributed by atoms with Gasteiger partial charge in [-0.3, -0.25) is 4.79 Å². The van der Waals surface area contributed by atoms with E-state index in [9.17, 15) is 18.0 Å². The van der Waals surface area contributed by atoms with Crippen molar-refractivity contribution in [2.45, 2.75) is 31.3 Å². The van der Waals surface area contributed by atoms with Crippen LogP contribution in [0.15, 0.2) is 29.4 Å². The number of nitrogens with one attached hydrogen (secondary N) is 1. The average Bonchev–Trinajstić information content (AvgIpc) is 3.13. The number of fused-ring (bicyclic) bond motifs is 1. The van der Waals surface area contributed by atoms with Crippen LogP contribution in [-0.4, -0.2) is 36.5 Å². The first-order valence-electron chi connectivity index (χ1n) is 9.11. The summed E-state index contributed by atoms with van der Waals surface area (Å²) in [5.74, 6) is -0.820. The summed E-state index contributed by atoms with van der Waals surface area (Å²) >= 11 is 1.57. The van der Waals surface area contributed by atoms with Gasteiger partial charge in [0.1, 0.15) is 5.69 Å². The minimum atomic E-state index is -4.17. The normalized spacial score (nSPS) is 14.3. The number of sulfonamides is 1. The summed E-state index contributed by atoms with van der Waals surface area (Å²) in [6.45, 7) is 2.70. The second kappa shape index (κ2) is 7.03. The SMILES string of the molecule is COC(=O)c1cc(S(=O)(=O)NC(=O)c2cc3sc(C)cc3n2CC2CC2)n(C)c1. The van der Waals surface area contributed by atoms with E-state index in [0.29, 0.717) is 18.2 Å². The van der Waals surface area contributed by atoms with E-state index < -0.39 is 21.9 Å². The second-order valence-electron chi connectivity index (χ2n) is 7.29. The van der Waals surface area contributed by atoms with Gasteiger partial charge >= 0.3 is 5.97 Å². The molecule has 0 bridgehead atoms. The first kappa shape index (κ1) is 19.7. The smallest absolute Gasteiger partial charge is 0.339 e. The van der Waals surface area contributed by atoms with Crippen LogP contribution in [-0.2, 0) is 28.4 Å². The van der Waals surface area contributed by atoms with Crippen LogP contribution in [0.25, 0.3) is 10.2 Å². The second-order valence-corrected chi connectivity index (χ2v) is 10.2. The van der Waals surface area contributed by atoms with Gasteiger partial charge in [-0.1, -0.05) is 0 Å². The number of nitrogens with zero attached hydrogens (tertiary/aromatic N) is 2. The van der Waals surface area contributed by atoms with Crippen LogP contribution in [0.3, 0.4) is 0 Å². The fourth-order valence-electron chi connectivity index (χ4n) is 3.38. The van der Waals surface area contributed by atoms with Crippen molar-refractivity contribution in [1.82, 2.24) is 13.9 Å². The lowest BCUT2D eigenvalue weighted by atomic mass is 10.3. The molecule has 3 aromatic heterocycles. The molecule has 8 nitrogen and oxygen atoms in total. The van der Waals surface area contributed by atoms with Crippen LogP contribution >= 0.6 is 11.3 Å². The molecule has 0 aromatic carbocycles. The van der Waals surface area contributed by atoms with E-state index in [2.05, 4.69) is 9.46 Å². The molecular formula is C19H21N3O5S2. The molecule has 0 atom stereocenters. The van der Waals surface area contributed by atoms with Crippen molar-refractivity contribution in [3.63, 3.8) is 0 Å². The van der Waals surface area contributed by atoms with Crippen molar-refractivity contribution in [3.05, 3.63) is 40.5 Å². The van der Waals surface area contributed by atoms with Gasteiger partial charge in [0.2, 0.25) is 0 Å². The molecule has 0 spiro atoms. The summed E-state index contributed by atoms with van der Waals surface area (Å²) in [5.41, 5.74) is 1.37. The van der Waals surface area contributed by atoms with Crippen LogP contribution < -0.4 is 4.72 Å². The minimum Gasteiger partial charge on any atom is -0.465 e. The number of methoxy groups -OCH3 is 1. The van der Waals surface area contributed by atoms with E-state index >= 15 is 0 Å². The molecule has 29 heavy (non-hydrogen) atoms. The molecule has 1 aliphatic rings. The Hall–Kier alpha value is -2.59. The van der Waals surface area contributed by atoms with Gasteiger partial charge in [0, 0.05) is 24.7 Å². The third-order valence-corrected chi connectivity index (χ3v) is 7.36. The number of amides is 1. The third kappa shape index (κ3) is 3.69. The van der Waals surface area contributed by atoms with Crippen molar-refractivity contribution >= 4 is 43.5 Å². The van der Waals surface area contributed by atoms with E-state index in [1.807, 2.05) is 17.6 Å². The van der Waals surface area contributed by atoms with Crippen LogP contribution in [0.2, 0.25) is 0 Å². The molecule has 1 fully saturated rings. The Balaban J connectivity index is 1.66. The van der Waals surface area contributed by atoms with E-state index in [1.165, 1.54) is 31.0 Å². The standard InChI is InChI=1S/C19H21N3O5S2/c1-11-6-14-16(28-11)8-15(22(14)9-12-4-5-12)18(23)20-29(25,26)17-7-13(10-21(17)2)19(24)27-3/h6-8,10,12H,4-5,9H2,1-3H3,(H,20,23). The van der Waals surface area contributed by atoms with Gasteiger partial charge in [-0.25, -0.2) is 9.52 Å². The minimum absolute atomic E-state index is 0.0934. The number of carbonyl (C=O) groups excluding carboxylic acids is 2. The van der Waals surface area contributed by atoms with Crippen molar-refractivity contribution < 1.29 is 22.7 Å². The third-order valence-electron chi connectivity index (χ3n) is 4.97. The average molecular weight is 436 g/mol. The van der Waals surface area contributed by atoms with Crippen LogP contribution in [0, 0.1) is 12.8 Å². The number of esters is 1. The summed E-state index contributed by atoms with van der Waals surface area (Å²) in [4.78, 5) is 25.7. The highest BCUT2D eigenvalue weighted by Gasteiger charge is 2.29. The number of hydrogen-bond acceptors (Lipinski definition) is 6. The fourth-order valence-corrected chi connectivity index (χ4v) is 5.50. The Morgan fingerprint density at radius 1 is 1.28 bits per heavy atom. The molecule has 154 valence electrons. The lowest BCUT2D eigenvalue weighted by Gasteiger charge is -2.11. The molecule has 10 heteroatoms. The van der Waals surface area contributed by atoms with Gasteiger partial charge in [-0.15, -0.1) is 11.3 Å². The molecule has 1 N–H and O–H groups in total. The lowest BCUT2D eigenvalue weighted by molar-refractivity contribution is 0.0600. The maximum atomic E-state index is 12.9. The number of aromatic nitrogens is 2. The Morgan fingerprint density at radius 2 is 2.00 bits per heavy atom.